The second-order valence-electron chi connectivity index (χ2n) is 4.23. The van der Waals surface area contributed by atoms with Gasteiger partial charge in [-0.1, -0.05) is 0 Å². The van der Waals surface area contributed by atoms with Gasteiger partial charge in [0.25, 0.3) is 5.91 Å². The fourth-order valence-corrected chi connectivity index (χ4v) is 2.66. The number of carbonyl (C=O) groups is 2. The van der Waals surface area contributed by atoms with E-state index in [1.54, 1.807) is 6.20 Å². The Kier molecular flexibility index (Phi) is 4.46. The van der Waals surface area contributed by atoms with Gasteiger partial charge in [-0.3, -0.25) is 9.59 Å². The molecule has 106 valence electrons. The molecule has 0 aliphatic rings. The molecule has 2 aromatic heterocycles. The van der Waals surface area contributed by atoms with Gasteiger partial charge in [0, 0.05) is 25.4 Å². The summed E-state index contributed by atoms with van der Waals surface area (Å²) in [6.07, 6.45) is 4.77. The van der Waals surface area contributed by atoms with E-state index in [4.69, 9.17) is 11.5 Å². The van der Waals surface area contributed by atoms with Crippen LogP contribution < -0.4 is 16.8 Å². The summed E-state index contributed by atoms with van der Waals surface area (Å²) in [7, 11) is 0. The molecule has 2 heterocycles. The monoisotopic (exact) mass is 293 g/mol. The number of aromatic nitrogens is 2. The first-order valence-electron chi connectivity index (χ1n) is 6.15. The van der Waals surface area contributed by atoms with Crippen molar-refractivity contribution in [2.24, 2.45) is 5.73 Å². The highest BCUT2D eigenvalue weighted by atomic mass is 32.1. The van der Waals surface area contributed by atoms with Crippen LogP contribution in [0.25, 0.3) is 10.3 Å². The Bertz CT molecular complexity index is 640. The molecule has 0 atom stereocenters. The van der Waals surface area contributed by atoms with Gasteiger partial charge < -0.3 is 16.8 Å². The average Bonchev–Trinajstić information content (AvgIpc) is 2.76. The molecule has 0 bridgehead atoms. The molecule has 0 aliphatic carbocycles. The van der Waals surface area contributed by atoms with Crippen LogP contribution in [-0.4, -0.2) is 28.3 Å². The Labute approximate surface area is 119 Å². The maximum atomic E-state index is 12.0. The number of hydrogen-bond acceptors (Lipinski definition) is 6. The third-order valence-electron chi connectivity index (χ3n) is 2.70. The summed E-state index contributed by atoms with van der Waals surface area (Å²) >= 11 is 1.22. The fraction of sp³-hybridized carbons (Fsp3) is 0.333. The summed E-state index contributed by atoms with van der Waals surface area (Å²) in [6.45, 7) is 0.473. The van der Waals surface area contributed by atoms with Gasteiger partial charge in [-0.15, -0.1) is 11.3 Å². The lowest BCUT2D eigenvalue weighted by Gasteiger charge is -2.03. The van der Waals surface area contributed by atoms with Crippen LogP contribution in [0.2, 0.25) is 0 Å². The number of fused-ring (bicyclic) bond motifs is 1. The Morgan fingerprint density at radius 3 is 2.70 bits per heavy atom. The maximum Gasteiger partial charge on any atom is 0.263 e. The van der Waals surface area contributed by atoms with Crippen LogP contribution in [0.1, 0.15) is 28.9 Å². The van der Waals surface area contributed by atoms with Crippen molar-refractivity contribution in [3.63, 3.8) is 0 Å². The highest BCUT2D eigenvalue weighted by Crippen LogP contribution is 2.30. The first kappa shape index (κ1) is 14.2. The Balaban J connectivity index is 1.94. The van der Waals surface area contributed by atoms with Crippen LogP contribution in [-0.2, 0) is 4.79 Å². The first-order chi connectivity index (χ1) is 9.59. The maximum absolute atomic E-state index is 12.0. The molecule has 5 N–H and O–H groups in total. The van der Waals surface area contributed by atoms with Crippen molar-refractivity contribution in [2.45, 2.75) is 19.3 Å². The standard InChI is InChI=1S/C12H15N5O2S/c13-7(18)3-1-2-4-16-11(19)10-8(14)9-12(20-10)17-6-5-15-9/h5-6H,1-4,14H2,(H2,13,18)(H,16,19). The summed E-state index contributed by atoms with van der Waals surface area (Å²) in [6, 6.07) is 0. The van der Waals surface area contributed by atoms with Crippen molar-refractivity contribution in [3.8, 4) is 0 Å². The van der Waals surface area contributed by atoms with E-state index >= 15 is 0 Å². The molecule has 0 saturated carbocycles. The van der Waals surface area contributed by atoms with E-state index < -0.39 is 0 Å². The number of thiophene rings is 1. The lowest BCUT2D eigenvalue weighted by Crippen LogP contribution is -2.24. The van der Waals surface area contributed by atoms with Crippen LogP contribution in [0.15, 0.2) is 12.4 Å². The van der Waals surface area contributed by atoms with Crippen LogP contribution in [0.4, 0.5) is 5.69 Å². The van der Waals surface area contributed by atoms with Gasteiger partial charge in [0.2, 0.25) is 5.91 Å². The second kappa shape index (κ2) is 6.29. The molecule has 0 radical (unpaired) electrons. The number of rotatable bonds is 6. The number of anilines is 1. The van der Waals surface area contributed by atoms with Crippen LogP contribution in [0.3, 0.4) is 0 Å². The number of primary amides is 1. The highest BCUT2D eigenvalue weighted by Gasteiger charge is 2.17. The summed E-state index contributed by atoms with van der Waals surface area (Å²) < 4.78 is 0. The van der Waals surface area contributed by atoms with Crippen molar-refractivity contribution in [1.29, 1.82) is 0 Å². The number of nitrogens with two attached hydrogens (primary N) is 2. The van der Waals surface area contributed by atoms with E-state index in [0.717, 1.165) is 0 Å². The van der Waals surface area contributed by atoms with Gasteiger partial charge in [0.15, 0.2) is 0 Å². The zero-order valence-corrected chi connectivity index (χ0v) is 11.6. The molecule has 0 fully saturated rings. The predicted molar refractivity (Wildman–Crippen MR) is 77.2 cm³/mol. The smallest absolute Gasteiger partial charge is 0.263 e. The first-order valence-corrected chi connectivity index (χ1v) is 6.96. The largest absolute Gasteiger partial charge is 0.396 e. The van der Waals surface area contributed by atoms with E-state index in [0.29, 0.717) is 46.7 Å². The third-order valence-corrected chi connectivity index (χ3v) is 3.81. The average molecular weight is 293 g/mol. The van der Waals surface area contributed by atoms with Crippen LogP contribution >= 0.6 is 11.3 Å². The summed E-state index contributed by atoms with van der Waals surface area (Å²) in [4.78, 5) is 31.9. The Morgan fingerprint density at radius 1 is 1.25 bits per heavy atom. The SMILES string of the molecule is NC(=O)CCCCNC(=O)c1sc2nccnc2c1N. The molecular formula is C12H15N5O2S. The molecule has 7 nitrogen and oxygen atoms in total. The zero-order valence-electron chi connectivity index (χ0n) is 10.8. The number of nitrogens with one attached hydrogen (secondary N) is 1. The highest BCUT2D eigenvalue weighted by molar-refractivity contribution is 7.21. The van der Waals surface area contributed by atoms with Gasteiger partial charge in [-0.2, -0.15) is 0 Å². The van der Waals surface area contributed by atoms with Crippen molar-refractivity contribution in [3.05, 3.63) is 17.3 Å². The summed E-state index contributed by atoms with van der Waals surface area (Å²) in [5, 5.41) is 2.76. The summed E-state index contributed by atoms with van der Waals surface area (Å²) in [5.74, 6) is -0.575. The molecule has 0 aliphatic heterocycles. The Morgan fingerprint density at radius 2 is 2.00 bits per heavy atom. The zero-order chi connectivity index (χ0) is 14.5. The molecule has 0 spiro atoms. The number of nitrogen functional groups attached to an aromatic ring is 1. The minimum absolute atomic E-state index is 0.244. The summed E-state index contributed by atoms with van der Waals surface area (Å²) in [5.41, 5.74) is 11.8. The number of unbranched alkanes of at least 4 members (excludes halogenated alkanes) is 1. The van der Waals surface area contributed by atoms with Gasteiger partial charge in [0.1, 0.15) is 15.2 Å². The molecule has 0 aromatic carbocycles. The molecule has 20 heavy (non-hydrogen) atoms. The van der Waals surface area contributed by atoms with Crippen molar-refractivity contribution in [2.75, 3.05) is 12.3 Å². The normalized spacial score (nSPS) is 10.6. The third kappa shape index (κ3) is 3.21. The van der Waals surface area contributed by atoms with Gasteiger partial charge in [-0.05, 0) is 12.8 Å². The molecule has 2 rings (SSSR count). The molecule has 0 unspecified atom stereocenters. The van der Waals surface area contributed by atoms with E-state index in [-0.39, 0.29) is 11.8 Å². The lowest BCUT2D eigenvalue weighted by molar-refractivity contribution is -0.118. The number of nitrogens with zero attached hydrogens (tertiary/aromatic N) is 2. The number of carbonyl (C=O) groups excluding carboxylic acids is 2. The minimum atomic E-state index is -0.331. The van der Waals surface area contributed by atoms with Gasteiger partial charge >= 0.3 is 0 Å². The number of amides is 2. The van der Waals surface area contributed by atoms with Gasteiger partial charge in [0.05, 0.1) is 5.69 Å². The van der Waals surface area contributed by atoms with E-state index in [9.17, 15) is 9.59 Å². The van der Waals surface area contributed by atoms with Crippen molar-refractivity contribution < 1.29 is 9.59 Å². The molecule has 2 aromatic rings. The topological polar surface area (TPSA) is 124 Å². The lowest BCUT2D eigenvalue weighted by atomic mass is 10.2. The second-order valence-corrected chi connectivity index (χ2v) is 5.23. The molecule has 2 amide bonds. The number of hydrogen-bond donors (Lipinski definition) is 3. The molecule has 8 heteroatoms. The van der Waals surface area contributed by atoms with Crippen molar-refractivity contribution >= 4 is 39.2 Å². The van der Waals surface area contributed by atoms with Gasteiger partial charge in [-0.25, -0.2) is 9.97 Å². The van der Waals surface area contributed by atoms with Crippen molar-refractivity contribution in [1.82, 2.24) is 15.3 Å². The van der Waals surface area contributed by atoms with E-state index in [2.05, 4.69) is 15.3 Å². The Hall–Kier alpha value is -2.22. The van der Waals surface area contributed by atoms with Crippen LogP contribution in [0, 0.1) is 0 Å². The molecular weight excluding hydrogens is 278 g/mol. The predicted octanol–water partition coefficient (Wildman–Crippen LogP) is 0.659. The van der Waals surface area contributed by atoms with E-state index in [1.165, 1.54) is 17.5 Å². The van der Waals surface area contributed by atoms with E-state index in [1.807, 2.05) is 0 Å². The molecule has 0 saturated heterocycles. The minimum Gasteiger partial charge on any atom is -0.396 e. The quantitative estimate of drug-likeness (QED) is 0.675. The fourth-order valence-electron chi connectivity index (χ4n) is 1.72. The van der Waals surface area contributed by atoms with Crippen LogP contribution in [0.5, 0.6) is 0 Å².